The van der Waals surface area contributed by atoms with Crippen molar-refractivity contribution in [3.05, 3.63) is 49.6 Å². The van der Waals surface area contributed by atoms with Crippen molar-refractivity contribution in [1.29, 1.82) is 0 Å². The van der Waals surface area contributed by atoms with Crippen LogP contribution in [0.5, 0.6) is 0 Å². The van der Waals surface area contributed by atoms with Crippen LogP contribution in [0.3, 0.4) is 0 Å². The average Bonchev–Trinajstić information content (AvgIpc) is 3.20. The van der Waals surface area contributed by atoms with Crippen molar-refractivity contribution in [3.63, 3.8) is 0 Å². The highest BCUT2D eigenvalue weighted by atomic mass is 32.1. The number of nitrogens with zero attached hydrogens (tertiary/aromatic N) is 3. The number of amides is 1. The van der Waals surface area contributed by atoms with E-state index in [0.717, 1.165) is 43.5 Å². The first-order chi connectivity index (χ1) is 11.1. The van der Waals surface area contributed by atoms with Crippen LogP contribution in [0.25, 0.3) is 0 Å². The maximum Gasteiger partial charge on any atom is 0.267 e. The molecule has 5 nitrogen and oxygen atoms in total. The lowest BCUT2D eigenvalue weighted by Crippen LogP contribution is -2.42. The zero-order chi connectivity index (χ0) is 16.0. The normalized spacial score (nSPS) is 17.7. The number of hydrogen-bond donors (Lipinski definition) is 0. The number of rotatable bonds is 2. The Bertz CT molecular complexity index is 823. The van der Waals surface area contributed by atoms with Gasteiger partial charge < -0.3 is 4.90 Å². The molecule has 0 aromatic carbocycles. The second kappa shape index (κ2) is 5.60. The van der Waals surface area contributed by atoms with Crippen molar-refractivity contribution >= 4 is 17.2 Å². The van der Waals surface area contributed by atoms with Crippen molar-refractivity contribution in [1.82, 2.24) is 14.7 Å². The third kappa shape index (κ3) is 2.51. The Morgan fingerprint density at radius 1 is 1.30 bits per heavy atom. The maximum atomic E-state index is 12.8. The van der Waals surface area contributed by atoms with Gasteiger partial charge >= 0.3 is 0 Å². The molecule has 23 heavy (non-hydrogen) atoms. The molecule has 2 aromatic rings. The number of carbonyl (C=O) groups excluding carboxylic acids is 1. The molecule has 1 aliphatic carbocycles. The zero-order valence-corrected chi connectivity index (χ0v) is 13.9. The second-order valence-corrected chi connectivity index (χ2v) is 7.31. The fraction of sp³-hybridized carbons (Fsp3) is 0.471. The number of aryl methyl sites for hydroxylation is 2. The molecule has 2 aliphatic rings. The fourth-order valence-electron chi connectivity index (χ4n) is 3.50. The molecule has 0 N–H and O–H groups in total. The summed E-state index contributed by atoms with van der Waals surface area (Å²) >= 11 is 1.75. The topological polar surface area (TPSA) is 55.2 Å². The molecule has 0 saturated carbocycles. The van der Waals surface area contributed by atoms with Crippen molar-refractivity contribution in [2.45, 2.75) is 45.2 Å². The van der Waals surface area contributed by atoms with Crippen molar-refractivity contribution in [2.24, 2.45) is 0 Å². The average molecular weight is 329 g/mol. The van der Waals surface area contributed by atoms with Gasteiger partial charge in [0.25, 0.3) is 5.56 Å². The number of carbonyl (C=O) groups is 1. The molecule has 0 fully saturated rings. The Morgan fingerprint density at radius 2 is 2.17 bits per heavy atom. The summed E-state index contributed by atoms with van der Waals surface area (Å²) in [5, 5.41) is 6.54. The van der Waals surface area contributed by atoms with Crippen LogP contribution in [-0.2, 0) is 30.6 Å². The van der Waals surface area contributed by atoms with Gasteiger partial charge in [0.05, 0.1) is 5.69 Å². The SMILES string of the molecule is C[C@H](C(=O)N1CCc2sccc2C1)n1nc2c(cc1=O)CCC2. The van der Waals surface area contributed by atoms with E-state index in [9.17, 15) is 9.59 Å². The van der Waals surface area contributed by atoms with Gasteiger partial charge in [-0.05, 0) is 55.2 Å². The Hall–Kier alpha value is -1.95. The highest BCUT2D eigenvalue weighted by Gasteiger charge is 2.28. The lowest BCUT2D eigenvalue weighted by molar-refractivity contribution is -0.135. The monoisotopic (exact) mass is 329 g/mol. The highest BCUT2D eigenvalue weighted by molar-refractivity contribution is 7.10. The molecule has 0 bridgehead atoms. The molecule has 1 amide bonds. The number of fused-ring (bicyclic) bond motifs is 2. The summed E-state index contributed by atoms with van der Waals surface area (Å²) in [6.07, 6.45) is 3.77. The van der Waals surface area contributed by atoms with Gasteiger partial charge in [0.2, 0.25) is 5.91 Å². The number of aromatic nitrogens is 2. The maximum absolute atomic E-state index is 12.8. The summed E-state index contributed by atoms with van der Waals surface area (Å²) < 4.78 is 1.37. The van der Waals surface area contributed by atoms with E-state index in [1.54, 1.807) is 24.3 Å². The molecule has 0 radical (unpaired) electrons. The summed E-state index contributed by atoms with van der Waals surface area (Å²) in [5.74, 6) is -0.0191. The first-order valence-corrected chi connectivity index (χ1v) is 8.97. The van der Waals surface area contributed by atoms with Crippen molar-refractivity contribution in [3.8, 4) is 0 Å². The van der Waals surface area contributed by atoms with Gasteiger partial charge in [0.15, 0.2) is 0 Å². The van der Waals surface area contributed by atoms with Gasteiger partial charge in [-0.15, -0.1) is 11.3 Å². The fourth-order valence-corrected chi connectivity index (χ4v) is 4.39. The van der Waals surface area contributed by atoms with Gasteiger partial charge in [-0.1, -0.05) is 0 Å². The molecular formula is C17H19N3O2S. The predicted molar refractivity (Wildman–Crippen MR) is 88.7 cm³/mol. The van der Waals surface area contributed by atoms with Gasteiger partial charge in [0, 0.05) is 24.0 Å². The predicted octanol–water partition coefficient (Wildman–Crippen LogP) is 1.94. The van der Waals surface area contributed by atoms with E-state index in [1.165, 1.54) is 15.1 Å². The smallest absolute Gasteiger partial charge is 0.267 e. The highest BCUT2D eigenvalue weighted by Crippen LogP contribution is 2.25. The summed E-state index contributed by atoms with van der Waals surface area (Å²) in [4.78, 5) is 28.3. The second-order valence-electron chi connectivity index (χ2n) is 6.31. The summed E-state index contributed by atoms with van der Waals surface area (Å²) in [5.41, 5.74) is 3.09. The standard InChI is InChI=1S/C17H19N3O2S/c1-11(20-16(21)9-12-3-2-4-14(12)18-20)17(22)19-7-5-15-13(10-19)6-8-23-15/h6,8-9,11H,2-5,7,10H2,1H3/t11-/m1/s1. The van der Waals surface area contributed by atoms with E-state index in [-0.39, 0.29) is 11.5 Å². The van der Waals surface area contributed by atoms with Crippen molar-refractivity contribution in [2.75, 3.05) is 6.54 Å². The Kier molecular flexibility index (Phi) is 3.56. The zero-order valence-electron chi connectivity index (χ0n) is 13.1. The third-order valence-corrected chi connectivity index (χ3v) is 5.85. The molecular weight excluding hydrogens is 310 g/mol. The molecule has 4 rings (SSSR count). The number of hydrogen-bond acceptors (Lipinski definition) is 4. The van der Waals surface area contributed by atoms with E-state index in [2.05, 4.69) is 16.5 Å². The molecule has 120 valence electrons. The summed E-state index contributed by atoms with van der Waals surface area (Å²) in [6, 6.07) is 3.20. The Morgan fingerprint density at radius 3 is 3.04 bits per heavy atom. The lowest BCUT2D eigenvalue weighted by atomic mass is 10.1. The number of thiophene rings is 1. The molecule has 3 heterocycles. The van der Waals surface area contributed by atoms with Crippen LogP contribution >= 0.6 is 11.3 Å². The molecule has 0 saturated heterocycles. The van der Waals surface area contributed by atoms with Crippen LogP contribution in [0, 0.1) is 0 Å². The lowest BCUT2D eigenvalue weighted by Gasteiger charge is -2.29. The van der Waals surface area contributed by atoms with E-state index in [4.69, 9.17) is 0 Å². The molecule has 2 aromatic heterocycles. The van der Waals surface area contributed by atoms with Crippen LogP contribution in [-0.4, -0.2) is 27.1 Å². The van der Waals surface area contributed by atoms with Crippen LogP contribution in [0.15, 0.2) is 22.3 Å². The minimum absolute atomic E-state index is 0.0191. The quantitative estimate of drug-likeness (QED) is 0.846. The van der Waals surface area contributed by atoms with Crippen LogP contribution in [0.1, 0.15) is 41.1 Å². The van der Waals surface area contributed by atoms with Crippen molar-refractivity contribution < 1.29 is 4.79 Å². The molecule has 1 aliphatic heterocycles. The largest absolute Gasteiger partial charge is 0.336 e. The molecule has 0 unspecified atom stereocenters. The minimum Gasteiger partial charge on any atom is -0.336 e. The van der Waals surface area contributed by atoms with Gasteiger partial charge in [-0.2, -0.15) is 5.10 Å². The third-order valence-electron chi connectivity index (χ3n) is 4.83. The van der Waals surface area contributed by atoms with Crippen LogP contribution < -0.4 is 5.56 Å². The van der Waals surface area contributed by atoms with E-state index >= 15 is 0 Å². The first-order valence-electron chi connectivity index (χ1n) is 8.09. The summed E-state index contributed by atoms with van der Waals surface area (Å²) in [6.45, 7) is 3.14. The Labute approximate surface area is 138 Å². The van der Waals surface area contributed by atoms with E-state index < -0.39 is 6.04 Å². The van der Waals surface area contributed by atoms with Gasteiger partial charge in [0.1, 0.15) is 6.04 Å². The van der Waals surface area contributed by atoms with E-state index in [1.807, 2.05) is 4.90 Å². The summed E-state index contributed by atoms with van der Waals surface area (Å²) in [7, 11) is 0. The van der Waals surface area contributed by atoms with E-state index in [0.29, 0.717) is 6.54 Å². The Balaban J connectivity index is 1.59. The van der Waals surface area contributed by atoms with Gasteiger partial charge in [-0.25, -0.2) is 4.68 Å². The molecule has 0 spiro atoms. The molecule has 1 atom stereocenters. The molecule has 6 heteroatoms. The van der Waals surface area contributed by atoms with Crippen LogP contribution in [0.4, 0.5) is 0 Å². The van der Waals surface area contributed by atoms with Gasteiger partial charge in [-0.3, -0.25) is 9.59 Å². The van der Waals surface area contributed by atoms with Crippen LogP contribution in [0.2, 0.25) is 0 Å². The first kappa shape index (κ1) is 14.6. The minimum atomic E-state index is -0.548.